The third-order valence-corrected chi connectivity index (χ3v) is 3.13. The van der Waals surface area contributed by atoms with Crippen molar-refractivity contribution in [1.29, 1.82) is 0 Å². The molecule has 0 saturated carbocycles. The van der Waals surface area contributed by atoms with Crippen molar-refractivity contribution in [1.82, 2.24) is 0 Å². The van der Waals surface area contributed by atoms with Gasteiger partial charge in [-0.05, 0) is 31.2 Å². The van der Waals surface area contributed by atoms with Crippen LogP contribution in [-0.4, -0.2) is 10.8 Å². The number of nitro benzene ring substituents is 1. The summed E-state index contributed by atoms with van der Waals surface area (Å²) in [6.07, 6.45) is 0. The average molecular weight is 309 g/mol. The van der Waals surface area contributed by atoms with Crippen molar-refractivity contribution in [3.8, 4) is 0 Å². The predicted molar refractivity (Wildman–Crippen MR) is 77.2 cm³/mol. The SMILES string of the molecule is Cc1cccc(C(=O)Nc2ccc(F)c(Cl)c2)c1[N+](=O)[O-]. The van der Waals surface area contributed by atoms with Crippen LogP contribution in [0.1, 0.15) is 15.9 Å². The molecule has 0 spiro atoms. The molecule has 0 fully saturated rings. The molecule has 0 aromatic heterocycles. The van der Waals surface area contributed by atoms with Crippen LogP contribution < -0.4 is 5.32 Å². The van der Waals surface area contributed by atoms with Gasteiger partial charge < -0.3 is 5.32 Å². The first-order valence-electron chi connectivity index (χ1n) is 5.90. The Bertz CT molecular complexity index is 734. The monoisotopic (exact) mass is 308 g/mol. The highest BCUT2D eigenvalue weighted by atomic mass is 35.5. The maximum absolute atomic E-state index is 13.0. The van der Waals surface area contributed by atoms with E-state index in [-0.39, 0.29) is 22.0 Å². The Hall–Kier alpha value is -2.47. The van der Waals surface area contributed by atoms with Crippen molar-refractivity contribution in [3.63, 3.8) is 0 Å². The molecule has 0 bridgehead atoms. The van der Waals surface area contributed by atoms with E-state index in [1.165, 1.54) is 18.2 Å². The van der Waals surface area contributed by atoms with Crippen LogP contribution in [0, 0.1) is 22.9 Å². The molecule has 2 aromatic rings. The molecule has 2 rings (SSSR count). The first-order chi connectivity index (χ1) is 9.90. The highest BCUT2D eigenvalue weighted by Crippen LogP contribution is 2.25. The van der Waals surface area contributed by atoms with Crippen molar-refractivity contribution in [3.05, 3.63) is 68.5 Å². The Kier molecular flexibility index (Phi) is 4.18. The van der Waals surface area contributed by atoms with Gasteiger partial charge in [-0.15, -0.1) is 0 Å². The number of aryl methyl sites for hydroxylation is 1. The lowest BCUT2D eigenvalue weighted by molar-refractivity contribution is -0.385. The topological polar surface area (TPSA) is 72.2 Å². The van der Waals surface area contributed by atoms with Gasteiger partial charge in [0.2, 0.25) is 0 Å². The molecular formula is C14H10ClFN2O3. The lowest BCUT2D eigenvalue weighted by atomic mass is 10.1. The van der Waals surface area contributed by atoms with Crippen molar-refractivity contribution in [2.45, 2.75) is 6.92 Å². The number of para-hydroxylation sites is 1. The highest BCUT2D eigenvalue weighted by molar-refractivity contribution is 6.31. The third-order valence-electron chi connectivity index (χ3n) is 2.84. The van der Waals surface area contributed by atoms with Crippen molar-refractivity contribution >= 4 is 28.9 Å². The number of carbonyl (C=O) groups is 1. The first-order valence-corrected chi connectivity index (χ1v) is 6.28. The second-order valence-corrected chi connectivity index (χ2v) is 4.72. The molecule has 0 atom stereocenters. The molecule has 2 aromatic carbocycles. The molecule has 7 heteroatoms. The number of hydrogen-bond acceptors (Lipinski definition) is 3. The van der Waals surface area contributed by atoms with Crippen molar-refractivity contribution in [2.75, 3.05) is 5.32 Å². The summed E-state index contributed by atoms with van der Waals surface area (Å²) in [5.74, 6) is -1.27. The Morgan fingerprint density at radius 2 is 2.05 bits per heavy atom. The van der Waals surface area contributed by atoms with E-state index >= 15 is 0 Å². The maximum atomic E-state index is 13.0. The highest BCUT2D eigenvalue weighted by Gasteiger charge is 2.22. The number of anilines is 1. The molecule has 1 amide bonds. The number of halogens is 2. The fourth-order valence-electron chi connectivity index (χ4n) is 1.86. The number of nitrogens with zero attached hydrogens (tertiary/aromatic N) is 1. The second kappa shape index (κ2) is 5.88. The lowest BCUT2D eigenvalue weighted by Gasteiger charge is -2.07. The van der Waals surface area contributed by atoms with E-state index in [1.54, 1.807) is 19.1 Å². The number of benzene rings is 2. The zero-order chi connectivity index (χ0) is 15.6. The molecular weight excluding hydrogens is 299 g/mol. The van der Waals surface area contributed by atoms with E-state index in [9.17, 15) is 19.3 Å². The minimum absolute atomic E-state index is 0.0690. The Morgan fingerprint density at radius 1 is 1.33 bits per heavy atom. The number of rotatable bonds is 3. The number of nitro groups is 1. The van der Waals surface area contributed by atoms with Crippen LogP contribution >= 0.6 is 11.6 Å². The van der Waals surface area contributed by atoms with Gasteiger partial charge in [0.1, 0.15) is 11.4 Å². The molecule has 0 heterocycles. The fourth-order valence-corrected chi connectivity index (χ4v) is 2.04. The average Bonchev–Trinajstić information content (AvgIpc) is 2.42. The van der Waals surface area contributed by atoms with Gasteiger partial charge in [0.25, 0.3) is 11.6 Å². The van der Waals surface area contributed by atoms with Gasteiger partial charge in [-0.2, -0.15) is 0 Å². The van der Waals surface area contributed by atoms with Crippen LogP contribution in [0.15, 0.2) is 36.4 Å². The smallest absolute Gasteiger partial charge is 0.285 e. The first kappa shape index (κ1) is 14.9. The zero-order valence-corrected chi connectivity index (χ0v) is 11.6. The van der Waals surface area contributed by atoms with Crippen LogP contribution in [-0.2, 0) is 0 Å². The molecule has 0 aliphatic rings. The van der Waals surface area contributed by atoms with Gasteiger partial charge in [0, 0.05) is 11.3 Å². The summed E-state index contributed by atoms with van der Waals surface area (Å²) in [5, 5.41) is 13.4. The van der Waals surface area contributed by atoms with Gasteiger partial charge in [-0.25, -0.2) is 4.39 Å². The molecule has 0 aliphatic carbocycles. The van der Waals surface area contributed by atoms with Crippen LogP contribution in [0.5, 0.6) is 0 Å². The number of nitrogens with one attached hydrogen (secondary N) is 1. The summed E-state index contributed by atoms with van der Waals surface area (Å²) in [6, 6.07) is 8.10. The van der Waals surface area contributed by atoms with Crippen molar-refractivity contribution in [2.24, 2.45) is 0 Å². The number of carbonyl (C=O) groups excluding carboxylic acids is 1. The molecule has 108 valence electrons. The minimum Gasteiger partial charge on any atom is -0.322 e. The van der Waals surface area contributed by atoms with E-state index in [4.69, 9.17) is 11.6 Å². The molecule has 21 heavy (non-hydrogen) atoms. The predicted octanol–water partition coefficient (Wildman–Crippen LogP) is 3.95. The van der Waals surface area contributed by atoms with E-state index in [1.807, 2.05) is 0 Å². The van der Waals surface area contributed by atoms with Gasteiger partial charge in [0.15, 0.2) is 0 Å². The number of amides is 1. The molecule has 1 N–H and O–H groups in total. The second-order valence-electron chi connectivity index (χ2n) is 4.31. The van der Waals surface area contributed by atoms with Crippen molar-refractivity contribution < 1.29 is 14.1 Å². The van der Waals surface area contributed by atoms with Crippen LogP contribution in [0.4, 0.5) is 15.8 Å². The molecule has 0 radical (unpaired) electrons. The Balaban J connectivity index is 2.35. The fraction of sp³-hybridized carbons (Fsp3) is 0.0714. The van der Waals surface area contributed by atoms with E-state index in [0.29, 0.717) is 5.56 Å². The molecule has 0 unspecified atom stereocenters. The molecule has 5 nitrogen and oxygen atoms in total. The van der Waals surface area contributed by atoms with E-state index in [2.05, 4.69) is 5.32 Å². The van der Waals surface area contributed by atoms with E-state index in [0.717, 1.165) is 6.07 Å². The minimum atomic E-state index is -0.659. The maximum Gasteiger partial charge on any atom is 0.285 e. The van der Waals surface area contributed by atoms with Gasteiger partial charge in [-0.3, -0.25) is 14.9 Å². The number of hydrogen-bond donors (Lipinski definition) is 1. The van der Waals surface area contributed by atoms with Gasteiger partial charge >= 0.3 is 0 Å². The standard InChI is InChI=1S/C14H10ClFN2O3/c1-8-3-2-4-10(13(8)18(20)21)14(19)17-9-5-6-12(16)11(15)7-9/h2-7H,1H3,(H,17,19). The van der Waals surface area contributed by atoms with Gasteiger partial charge in [-0.1, -0.05) is 23.7 Å². The Morgan fingerprint density at radius 3 is 2.67 bits per heavy atom. The molecule has 0 saturated heterocycles. The normalized spacial score (nSPS) is 10.2. The summed E-state index contributed by atoms with van der Waals surface area (Å²) < 4.78 is 13.0. The van der Waals surface area contributed by atoms with Crippen LogP contribution in [0.25, 0.3) is 0 Å². The Labute approximate surface area is 124 Å². The summed E-state index contributed by atoms with van der Waals surface area (Å²) in [6.45, 7) is 1.55. The van der Waals surface area contributed by atoms with Crippen LogP contribution in [0.2, 0.25) is 5.02 Å². The zero-order valence-electron chi connectivity index (χ0n) is 10.9. The molecule has 0 aliphatic heterocycles. The van der Waals surface area contributed by atoms with Crippen LogP contribution in [0.3, 0.4) is 0 Å². The van der Waals surface area contributed by atoms with E-state index < -0.39 is 16.6 Å². The summed E-state index contributed by atoms with van der Waals surface area (Å²) in [5.41, 5.74) is 0.302. The quantitative estimate of drug-likeness (QED) is 0.689. The largest absolute Gasteiger partial charge is 0.322 e. The summed E-state index contributed by atoms with van der Waals surface area (Å²) >= 11 is 5.62. The van der Waals surface area contributed by atoms with Gasteiger partial charge in [0.05, 0.1) is 9.95 Å². The summed E-state index contributed by atoms with van der Waals surface area (Å²) in [4.78, 5) is 22.6. The lowest BCUT2D eigenvalue weighted by Crippen LogP contribution is -2.14. The third kappa shape index (κ3) is 3.17. The summed E-state index contributed by atoms with van der Waals surface area (Å²) in [7, 11) is 0.